The molecule has 0 radical (unpaired) electrons. The molecule has 0 aliphatic heterocycles. The Morgan fingerprint density at radius 2 is 2.14 bits per heavy atom. The summed E-state index contributed by atoms with van der Waals surface area (Å²) in [5, 5.41) is 15.5. The monoisotopic (exact) mass is 292 g/mol. The lowest BCUT2D eigenvalue weighted by Crippen LogP contribution is -2.31. The van der Waals surface area contributed by atoms with Gasteiger partial charge in [-0.1, -0.05) is 19.1 Å². The van der Waals surface area contributed by atoms with Gasteiger partial charge in [0.2, 0.25) is 0 Å². The highest BCUT2D eigenvalue weighted by atomic mass is 19.1. The molecule has 1 atom stereocenters. The number of aromatic nitrogens is 2. The van der Waals surface area contributed by atoms with E-state index in [0.717, 1.165) is 0 Å². The quantitative estimate of drug-likeness (QED) is 0.920. The Kier molecular flexibility index (Phi) is 4.32. The predicted molar refractivity (Wildman–Crippen MR) is 78.9 cm³/mol. The predicted octanol–water partition coefficient (Wildman–Crippen LogP) is 3.26. The summed E-state index contributed by atoms with van der Waals surface area (Å²) in [5.41, 5.74) is -0.312. The van der Waals surface area contributed by atoms with Gasteiger partial charge in [0.1, 0.15) is 17.1 Å². The zero-order chi connectivity index (χ0) is 15.6. The number of nitrogens with zero attached hydrogens (tertiary/aromatic N) is 2. The maximum absolute atomic E-state index is 13.6. The van der Waals surface area contributed by atoms with E-state index < -0.39 is 5.60 Å². The van der Waals surface area contributed by atoms with Crippen LogP contribution in [0.25, 0.3) is 0 Å². The normalized spacial score (nSPS) is 14.2. The zero-order valence-corrected chi connectivity index (χ0v) is 12.8. The molecule has 1 N–H and O–H groups in total. The van der Waals surface area contributed by atoms with Crippen molar-refractivity contribution >= 4 is 0 Å². The smallest absolute Gasteiger partial charge is 0.163 e. The SMILES string of the molecule is CCC(O)(c1cccc(F)c1)c1c(OC)cnn1C(C)C. The van der Waals surface area contributed by atoms with E-state index >= 15 is 0 Å². The number of rotatable bonds is 5. The van der Waals surface area contributed by atoms with Crippen molar-refractivity contribution in [2.24, 2.45) is 0 Å². The molecule has 0 amide bonds. The highest BCUT2D eigenvalue weighted by molar-refractivity contribution is 5.40. The fourth-order valence-electron chi connectivity index (χ4n) is 2.53. The summed E-state index contributed by atoms with van der Waals surface area (Å²) in [4.78, 5) is 0. The molecule has 1 aromatic carbocycles. The zero-order valence-electron chi connectivity index (χ0n) is 12.8. The standard InChI is InChI=1S/C16H21FN2O2/c1-5-16(20,12-7-6-8-13(17)9-12)15-14(21-4)10-18-19(15)11(2)3/h6-11,20H,5H2,1-4H3. The first-order valence-corrected chi connectivity index (χ1v) is 7.04. The first-order valence-electron chi connectivity index (χ1n) is 7.04. The van der Waals surface area contributed by atoms with Gasteiger partial charge < -0.3 is 9.84 Å². The van der Waals surface area contributed by atoms with Crippen molar-refractivity contribution in [1.29, 1.82) is 0 Å². The lowest BCUT2D eigenvalue weighted by Gasteiger charge is -2.30. The van der Waals surface area contributed by atoms with Crippen LogP contribution in [0.1, 0.15) is 44.5 Å². The first kappa shape index (κ1) is 15.5. The van der Waals surface area contributed by atoms with E-state index in [4.69, 9.17) is 4.74 Å². The molecule has 1 unspecified atom stereocenters. The molecule has 2 rings (SSSR count). The van der Waals surface area contributed by atoms with Crippen LogP contribution in [-0.2, 0) is 5.60 Å². The van der Waals surface area contributed by atoms with Gasteiger partial charge in [-0.05, 0) is 38.0 Å². The molecule has 4 nitrogen and oxygen atoms in total. The van der Waals surface area contributed by atoms with Crippen LogP contribution in [0.15, 0.2) is 30.5 Å². The second-order valence-corrected chi connectivity index (χ2v) is 5.32. The van der Waals surface area contributed by atoms with Crippen molar-refractivity contribution in [3.8, 4) is 5.75 Å². The van der Waals surface area contributed by atoms with Crippen molar-refractivity contribution in [2.45, 2.75) is 38.8 Å². The topological polar surface area (TPSA) is 47.3 Å². The van der Waals surface area contributed by atoms with Gasteiger partial charge in [-0.3, -0.25) is 4.68 Å². The summed E-state index contributed by atoms with van der Waals surface area (Å²) >= 11 is 0. The molecule has 0 fully saturated rings. The number of benzene rings is 1. The van der Waals surface area contributed by atoms with E-state index in [1.807, 2.05) is 20.8 Å². The first-order chi connectivity index (χ1) is 9.93. The van der Waals surface area contributed by atoms with Crippen LogP contribution < -0.4 is 4.74 Å². The second kappa shape index (κ2) is 5.85. The maximum atomic E-state index is 13.6. The van der Waals surface area contributed by atoms with E-state index in [2.05, 4.69) is 5.10 Å². The van der Waals surface area contributed by atoms with Gasteiger partial charge in [-0.2, -0.15) is 5.10 Å². The Labute approximate surface area is 124 Å². The molecule has 0 saturated carbocycles. The Bertz CT molecular complexity index is 624. The van der Waals surface area contributed by atoms with Gasteiger partial charge in [-0.15, -0.1) is 0 Å². The average Bonchev–Trinajstić information content (AvgIpc) is 2.91. The molecular weight excluding hydrogens is 271 g/mol. The van der Waals surface area contributed by atoms with Crippen LogP contribution >= 0.6 is 0 Å². The van der Waals surface area contributed by atoms with E-state index in [1.54, 1.807) is 23.0 Å². The molecule has 1 aromatic heterocycles. The second-order valence-electron chi connectivity index (χ2n) is 5.32. The van der Waals surface area contributed by atoms with Crippen LogP contribution in [0.4, 0.5) is 4.39 Å². The maximum Gasteiger partial charge on any atom is 0.163 e. The summed E-state index contributed by atoms with van der Waals surface area (Å²) in [6.07, 6.45) is 1.96. The summed E-state index contributed by atoms with van der Waals surface area (Å²) in [7, 11) is 1.53. The Morgan fingerprint density at radius 3 is 2.67 bits per heavy atom. The van der Waals surface area contributed by atoms with Gasteiger partial charge in [0.05, 0.1) is 13.3 Å². The molecule has 5 heteroatoms. The third-order valence-corrected chi connectivity index (χ3v) is 3.68. The fraction of sp³-hybridized carbons (Fsp3) is 0.438. The minimum absolute atomic E-state index is 0.0514. The summed E-state index contributed by atoms with van der Waals surface area (Å²) in [5.74, 6) is 0.117. The highest BCUT2D eigenvalue weighted by Gasteiger charge is 2.37. The van der Waals surface area contributed by atoms with Crippen LogP contribution in [0, 0.1) is 5.82 Å². The van der Waals surface area contributed by atoms with Gasteiger partial charge in [0, 0.05) is 6.04 Å². The molecule has 114 valence electrons. The van der Waals surface area contributed by atoms with Crippen molar-refractivity contribution in [2.75, 3.05) is 7.11 Å². The fourth-order valence-corrected chi connectivity index (χ4v) is 2.53. The molecule has 21 heavy (non-hydrogen) atoms. The molecule has 0 saturated heterocycles. The van der Waals surface area contributed by atoms with Crippen molar-refractivity contribution in [3.63, 3.8) is 0 Å². The summed E-state index contributed by atoms with van der Waals surface area (Å²) in [6.45, 7) is 5.79. The lowest BCUT2D eigenvalue weighted by atomic mass is 9.87. The van der Waals surface area contributed by atoms with Crippen LogP contribution in [0.3, 0.4) is 0 Å². The summed E-state index contributed by atoms with van der Waals surface area (Å²) in [6, 6.07) is 6.06. The molecule has 0 aliphatic carbocycles. The van der Waals surface area contributed by atoms with Crippen LogP contribution in [0.5, 0.6) is 5.75 Å². The molecule has 0 spiro atoms. The minimum atomic E-state index is -1.35. The third kappa shape index (κ3) is 2.65. The Morgan fingerprint density at radius 1 is 1.43 bits per heavy atom. The van der Waals surface area contributed by atoms with Crippen LogP contribution in [-0.4, -0.2) is 22.0 Å². The lowest BCUT2D eigenvalue weighted by molar-refractivity contribution is 0.0620. The Hall–Kier alpha value is -1.88. The number of aliphatic hydroxyl groups is 1. The molecule has 2 aromatic rings. The average molecular weight is 292 g/mol. The van der Waals surface area contributed by atoms with Gasteiger partial charge in [-0.25, -0.2) is 4.39 Å². The van der Waals surface area contributed by atoms with E-state index in [-0.39, 0.29) is 11.9 Å². The highest BCUT2D eigenvalue weighted by Crippen LogP contribution is 2.39. The number of hydrogen-bond donors (Lipinski definition) is 1. The number of methoxy groups -OCH3 is 1. The molecule has 1 heterocycles. The van der Waals surface area contributed by atoms with Gasteiger partial charge in [0.25, 0.3) is 0 Å². The molecule has 0 aliphatic rings. The van der Waals surface area contributed by atoms with E-state index in [1.165, 1.54) is 19.2 Å². The third-order valence-electron chi connectivity index (χ3n) is 3.68. The van der Waals surface area contributed by atoms with Crippen LogP contribution in [0.2, 0.25) is 0 Å². The van der Waals surface area contributed by atoms with Crippen molar-refractivity contribution < 1.29 is 14.2 Å². The minimum Gasteiger partial charge on any atom is -0.493 e. The Balaban J connectivity index is 2.67. The number of halogens is 1. The van der Waals surface area contributed by atoms with Crippen molar-refractivity contribution in [1.82, 2.24) is 9.78 Å². The molecular formula is C16H21FN2O2. The summed E-state index contributed by atoms with van der Waals surface area (Å²) < 4.78 is 20.6. The van der Waals surface area contributed by atoms with Crippen molar-refractivity contribution in [3.05, 3.63) is 47.5 Å². The van der Waals surface area contributed by atoms with E-state index in [0.29, 0.717) is 23.4 Å². The van der Waals surface area contributed by atoms with Gasteiger partial charge >= 0.3 is 0 Å². The van der Waals surface area contributed by atoms with Gasteiger partial charge in [0.15, 0.2) is 5.75 Å². The number of ether oxygens (including phenoxy) is 1. The number of hydrogen-bond acceptors (Lipinski definition) is 3. The molecule has 0 bridgehead atoms. The van der Waals surface area contributed by atoms with E-state index in [9.17, 15) is 9.50 Å². The largest absolute Gasteiger partial charge is 0.493 e.